The normalized spacial score (nSPS) is 17.3. The molecule has 0 spiro atoms. The Labute approximate surface area is 92.7 Å². The molecule has 1 aromatic rings. The van der Waals surface area contributed by atoms with Crippen molar-refractivity contribution < 1.29 is 14.6 Å². The molecular formula is C10H13N3O3. The van der Waals surface area contributed by atoms with Gasteiger partial charge in [0.15, 0.2) is 0 Å². The molecule has 1 aliphatic rings. The van der Waals surface area contributed by atoms with Gasteiger partial charge >= 0.3 is 5.97 Å². The van der Waals surface area contributed by atoms with Crippen LogP contribution in [0.3, 0.4) is 0 Å². The van der Waals surface area contributed by atoms with Crippen LogP contribution < -0.4 is 10.1 Å². The molecule has 0 atom stereocenters. The number of anilines is 1. The molecule has 1 fully saturated rings. The second kappa shape index (κ2) is 3.96. The SMILES string of the molecule is COc1ccnc(NC2(C(=O)O)CCC2)n1. The Morgan fingerprint density at radius 1 is 1.62 bits per heavy atom. The minimum Gasteiger partial charge on any atom is -0.481 e. The Hall–Kier alpha value is -1.85. The van der Waals surface area contributed by atoms with Crippen LogP contribution in [0.25, 0.3) is 0 Å². The molecular weight excluding hydrogens is 210 g/mol. The molecule has 1 heterocycles. The molecule has 86 valence electrons. The van der Waals surface area contributed by atoms with Crippen molar-refractivity contribution in [3.05, 3.63) is 12.3 Å². The molecule has 6 nitrogen and oxygen atoms in total. The quantitative estimate of drug-likeness (QED) is 0.789. The van der Waals surface area contributed by atoms with Crippen molar-refractivity contribution in [3.63, 3.8) is 0 Å². The van der Waals surface area contributed by atoms with Crippen LogP contribution in [0, 0.1) is 0 Å². The largest absolute Gasteiger partial charge is 0.481 e. The van der Waals surface area contributed by atoms with E-state index in [2.05, 4.69) is 15.3 Å². The van der Waals surface area contributed by atoms with Crippen molar-refractivity contribution in [1.29, 1.82) is 0 Å². The number of hydrogen-bond acceptors (Lipinski definition) is 5. The Morgan fingerprint density at radius 2 is 2.38 bits per heavy atom. The average Bonchev–Trinajstić information content (AvgIpc) is 2.23. The highest BCUT2D eigenvalue weighted by Gasteiger charge is 2.45. The Kier molecular flexibility index (Phi) is 2.64. The molecule has 0 unspecified atom stereocenters. The van der Waals surface area contributed by atoms with Crippen LogP contribution in [0.15, 0.2) is 12.3 Å². The summed E-state index contributed by atoms with van der Waals surface area (Å²) in [5.41, 5.74) is -0.896. The fourth-order valence-electron chi connectivity index (χ4n) is 1.65. The number of carboxylic acids is 1. The van der Waals surface area contributed by atoms with E-state index in [1.807, 2.05) is 0 Å². The average molecular weight is 223 g/mol. The molecule has 16 heavy (non-hydrogen) atoms. The van der Waals surface area contributed by atoms with Crippen molar-refractivity contribution >= 4 is 11.9 Å². The number of aromatic nitrogens is 2. The highest BCUT2D eigenvalue weighted by molar-refractivity contribution is 5.83. The van der Waals surface area contributed by atoms with Crippen LogP contribution in [0.2, 0.25) is 0 Å². The van der Waals surface area contributed by atoms with Gasteiger partial charge in [0.2, 0.25) is 11.8 Å². The second-order valence-corrected chi connectivity index (χ2v) is 3.79. The first-order valence-electron chi connectivity index (χ1n) is 5.05. The molecule has 1 aromatic heterocycles. The van der Waals surface area contributed by atoms with E-state index in [1.54, 1.807) is 6.07 Å². The van der Waals surface area contributed by atoms with Gasteiger partial charge in [0.05, 0.1) is 7.11 Å². The zero-order chi connectivity index (χ0) is 11.6. The Morgan fingerprint density at radius 3 is 2.88 bits per heavy atom. The third-order valence-corrected chi connectivity index (χ3v) is 2.81. The van der Waals surface area contributed by atoms with Gasteiger partial charge in [-0.25, -0.2) is 9.78 Å². The summed E-state index contributed by atoms with van der Waals surface area (Å²) in [6.45, 7) is 0. The van der Waals surface area contributed by atoms with Crippen molar-refractivity contribution in [3.8, 4) is 5.88 Å². The predicted octanol–water partition coefficient (Wildman–Crippen LogP) is 0.904. The summed E-state index contributed by atoms with van der Waals surface area (Å²) in [4.78, 5) is 19.1. The second-order valence-electron chi connectivity index (χ2n) is 3.79. The zero-order valence-electron chi connectivity index (χ0n) is 8.93. The molecule has 2 N–H and O–H groups in total. The maximum absolute atomic E-state index is 11.1. The first-order valence-corrected chi connectivity index (χ1v) is 5.05. The lowest BCUT2D eigenvalue weighted by Crippen LogP contribution is -2.52. The number of carbonyl (C=O) groups is 1. The van der Waals surface area contributed by atoms with Crippen LogP contribution in [0.1, 0.15) is 19.3 Å². The van der Waals surface area contributed by atoms with Crippen LogP contribution >= 0.6 is 0 Å². The van der Waals surface area contributed by atoms with Gasteiger partial charge in [0, 0.05) is 12.3 Å². The van der Waals surface area contributed by atoms with Gasteiger partial charge in [-0.3, -0.25) is 0 Å². The predicted molar refractivity (Wildman–Crippen MR) is 56.4 cm³/mol. The third kappa shape index (κ3) is 1.78. The maximum atomic E-state index is 11.1. The topological polar surface area (TPSA) is 84.3 Å². The summed E-state index contributed by atoms with van der Waals surface area (Å²) in [7, 11) is 1.50. The molecule has 1 aliphatic carbocycles. The molecule has 1 saturated carbocycles. The van der Waals surface area contributed by atoms with Crippen LogP contribution in [-0.4, -0.2) is 33.7 Å². The molecule has 0 bridgehead atoms. The van der Waals surface area contributed by atoms with Gasteiger partial charge in [-0.2, -0.15) is 4.98 Å². The van der Waals surface area contributed by atoms with Crippen molar-refractivity contribution in [2.75, 3.05) is 12.4 Å². The van der Waals surface area contributed by atoms with E-state index < -0.39 is 11.5 Å². The van der Waals surface area contributed by atoms with Gasteiger partial charge in [0.25, 0.3) is 0 Å². The third-order valence-electron chi connectivity index (χ3n) is 2.81. The number of rotatable bonds is 4. The fourth-order valence-corrected chi connectivity index (χ4v) is 1.65. The number of carboxylic acid groups (broad SMARTS) is 1. The van der Waals surface area contributed by atoms with Crippen LogP contribution in [0.4, 0.5) is 5.95 Å². The van der Waals surface area contributed by atoms with E-state index in [0.29, 0.717) is 24.7 Å². The number of hydrogen-bond donors (Lipinski definition) is 2. The van der Waals surface area contributed by atoms with Crippen molar-refractivity contribution in [1.82, 2.24) is 9.97 Å². The molecule has 0 radical (unpaired) electrons. The Balaban J connectivity index is 2.16. The van der Waals surface area contributed by atoms with E-state index in [1.165, 1.54) is 13.3 Å². The highest BCUT2D eigenvalue weighted by Crippen LogP contribution is 2.34. The number of nitrogens with zero attached hydrogens (tertiary/aromatic N) is 2. The van der Waals surface area contributed by atoms with Crippen molar-refractivity contribution in [2.45, 2.75) is 24.8 Å². The smallest absolute Gasteiger partial charge is 0.329 e. The number of ether oxygens (including phenoxy) is 1. The van der Waals surface area contributed by atoms with Crippen molar-refractivity contribution in [2.24, 2.45) is 0 Å². The molecule has 0 aromatic carbocycles. The van der Waals surface area contributed by atoms with E-state index in [0.717, 1.165) is 6.42 Å². The standard InChI is InChI=1S/C10H13N3O3/c1-16-7-3-6-11-9(12-7)13-10(8(14)15)4-2-5-10/h3,6H,2,4-5H2,1H3,(H,14,15)(H,11,12,13). The summed E-state index contributed by atoms with van der Waals surface area (Å²) in [5.74, 6) is -0.149. The van der Waals surface area contributed by atoms with E-state index >= 15 is 0 Å². The molecule has 6 heteroatoms. The lowest BCUT2D eigenvalue weighted by atomic mass is 9.77. The lowest BCUT2D eigenvalue weighted by Gasteiger charge is -2.38. The van der Waals surface area contributed by atoms with Gasteiger partial charge in [-0.1, -0.05) is 0 Å². The van der Waals surface area contributed by atoms with Gasteiger partial charge in [0.1, 0.15) is 5.54 Å². The molecule has 0 saturated heterocycles. The van der Waals surface area contributed by atoms with Gasteiger partial charge in [-0.15, -0.1) is 0 Å². The van der Waals surface area contributed by atoms with Gasteiger partial charge in [-0.05, 0) is 19.3 Å². The first kappa shape index (κ1) is 10.7. The minimum absolute atomic E-state index is 0.293. The summed E-state index contributed by atoms with van der Waals surface area (Å²) in [6, 6.07) is 1.61. The zero-order valence-corrected chi connectivity index (χ0v) is 8.93. The van der Waals surface area contributed by atoms with Gasteiger partial charge < -0.3 is 15.2 Å². The summed E-state index contributed by atoms with van der Waals surface area (Å²) >= 11 is 0. The molecule has 2 rings (SSSR count). The van der Waals surface area contributed by atoms with E-state index in [9.17, 15) is 4.79 Å². The fraction of sp³-hybridized carbons (Fsp3) is 0.500. The van der Waals surface area contributed by atoms with E-state index in [4.69, 9.17) is 9.84 Å². The number of methoxy groups -OCH3 is 1. The van der Waals surface area contributed by atoms with Crippen LogP contribution in [-0.2, 0) is 4.79 Å². The number of nitrogens with one attached hydrogen (secondary N) is 1. The van der Waals surface area contributed by atoms with Crippen LogP contribution in [0.5, 0.6) is 5.88 Å². The lowest BCUT2D eigenvalue weighted by molar-refractivity contribution is -0.145. The van der Waals surface area contributed by atoms with E-state index in [-0.39, 0.29) is 0 Å². The monoisotopic (exact) mass is 223 g/mol. The minimum atomic E-state index is -0.896. The summed E-state index contributed by atoms with van der Waals surface area (Å²) in [6.07, 6.45) is 3.64. The maximum Gasteiger partial charge on any atom is 0.329 e. The summed E-state index contributed by atoms with van der Waals surface area (Å²) < 4.78 is 4.94. The molecule has 0 amide bonds. The number of aliphatic carboxylic acids is 1. The highest BCUT2D eigenvalue weighted by atomic mass is 16.5. The summed E-state index contributed by atoms with van der Waals surface area (Å²) in [5, 5.41) is 12.0. The molecule has 0 aliphatic heterocycles. The first-order chi connectivity index (χ1) is 7.66. The Bertz CT molecular complexity index is 404.